The van der Waals surface area contributed by atoms with Gasteiger partial charge in [-0.3, -0.25) is 0 Å². The smallest absolute Gasteiger partial charge is 0.0434 e. The molecule has 0 bridgehead atoms. The van der Waals surface area contributed by atoms with Crippen LogP contribution in [-0.4, -0.2) is 36.2 Å². The van der Waals surface area contributed by atoms with E-state index in [-0.39, 0.29) is 0 Å². The van der Waals surface area contributed by atoms with Gasteiger partial charge in [-0.25, -0.2) is 0 Å². The van der Waals surface area contributed by atoms with Crippen LogP contribution in [0.1, 0.15) is 33.1 Å². The van der Waals surface area contributed by atoms with Crippen LogP contribution >= 0.6 is 0 Å². The minimum Gasteiger partial charge on any atom is -0.396 e. The molecule has 2 nitrogen and oxygen atoms in total. The van der Waals surface area contributed by atoms with Crippen molar-refractivity contribution in [3.05, 3.63) is 0 Å². The van der Waals surface area contributed by atoms with Crippen molar-refractivity contribution in [3.63, 3.8) is 0 Å². The first-order valence-electron chi connectivity index (χ1n) is 5.55. The number of aliphatic hydroxyl groups is 1. The fourth-order valence-corrected chi connectivity index (χ4v) is 1.97. The molecule has 1 heterocycles. The molecule has 1 fully saturated rings. The standard InChI is InChI=1S/C11H23NO/c1-10(2)3-6-12-7-4-11(9-12)5-8-13/h10-11,13H,3-9H2,1-2H3. The molecule has 0 aliphatic carbocycles. The van der Waals surface area contributed by atoms with Crippen molar-refractivity contribution in [1.82, 2.24) is 4.90 Å². The first-order chi connectivity index (χ1) is 6.22. The molecule has 78 valence electrons. The normalized spacial score (nSPS) is 24.5. The summed E-state index contributed by atoms with van der Waals surface area (Å²) in [4.78, 5) is 2.54. The summed E-state index contributed by atoms with van der Waals surface area (Å²) in [6.45, 7) is 8.63. The van der Waals surface area contributed by atoms with Gasteiger partial charge in [0, 0.05) is 13.2 Å². The number of hydrogen-bond donors (Lipinski definition) is 1. The molecular formula is C11H23NO. The molecule has 0 aromatic carbocycles. The molecule has 0 saturated carbocycles. The van der Waals surface area contributed by atoms with Gasteiger partial charge in [-0.05, 0) is 44.2 Å². The maximum absolute atomic E-state index is 8.81. The average molecular weight is 185 g/mol. The van der Waals surface area contributed by atoms with Gasteiger partial charge in [0.15, 0.2) is 0 Å². The van der Waals surface area contributed by atoms with Crippen molar-refractivity contribution < 1.29 is 5.11 Å². The minimum absolute atomic E-state index is 0.364. The van der Waals surface area contributed by atoms with E-state index in [1.807, 2.05) is 0 Å². The van der Waals surface area contributed by atoms with Gasteiger partial charge in [-0.2, -0.15) is 0 Å². The van der Waals surface area contributed by atoms with Gasteiger partial charge in [-0.1, -0.05) is 13.8 Å². The number of rotatable bonds is 5. The van der Waals surface area contributed by atoms with Crippen molar-refractivity contribution in [2.45, 2.75) is 33.1 Å². The molecular weight excluding hydrogens is 162 g/mol. The summed E-state index contributed by atoms with van der Waals surface area (Å²) in [5, 5.41) is 8.81. The van der Waals surface area contributed by atoms with Crippen LogP contribution in [0.2, 0.25) is 0 Å². The van der Waals surface area contributed by atoms with Crippen LogP contribution in [-0.2, 0) is 0 Å². The zero-order valence-corrected chi connectivity index (χ0v) is 9.00. The Labute approximate surface area is 81.9 Å². The van der Waals surface area contributed by atoms with Crippen LogP contribution in [0.3, 0.4) is 0 Å². The van der Waals surface area contributed by atoms with E-state index in [0.29, 0.717) is 6.61 Å². The molecule has 0 radical (unpaired) electrons. The molecule has 2 heteroatoms. The summed E-state index contributed by atoms with van der Waals surface area (Å²) in [6.07, 6.45) is 3.60. The Morgan fingerprint density at radius 2 is 2.23 bits per heavy atom. The van der Waals surface area contributed by atoms with Crippen LogP contribution in [0.15, 0.2) is 0 Å². The first-order valence-corrected chi connectivity index (χ1v) is 5.55. The monoisotopic (exact) mass is 185 g/mol. The summed E-state index contributed by atoms with van der Waals surface area (Å²) in [5.74, 6) is 1.58. The summed E-state index contributed by atoms with van der Waals surface area (Å²) in [7, 11) is 0. The molecule has 0 aromatic heterocycles. The third-order valence-electron chi connectivity index (χ3n) is 2.93. The summed E-state index contributed by atoms with van der Waals surface area (Å²) in [5.41, 5.74) is 0. The molecule has 0 amide bonds. The van der Waals surface area contributed by atoms with E-state index in [0.717, 1.165) is 18.3 Å². The van der Waals surface area contributed by atoms with Gasteiger partial charge in [0.1, 0.15) is 0 Å². The van der Waals surface area contributed by atoms with Crippen molar-refractivity contribution >= 4 is 0 Å². The fraction of sp³-hybridized carbons (Fsp3) is 1.00. The van der Waals surface area contributed by atoms with Crippen molar-refractivity contribution in [2.75, 3.05) is 26.2 Å². The van der Waals surface area contributed by atoms with E-state index in [1.165, 1.54) is 32.5 Å². The van der Waals surface area contributed by atoms with E-state index >= 15 is 0 Å². The Hall–Kier alpha value is -0.0800. The average Bonchev–Trinajstić information content (AvgIpc) is 2.50. The second-order valence-electron chi connectivity index (χ2n) is 4.65. The molecule has 1 atom stereocenters. The molecule has 1 aliphatic heterocycles. The second kappa shape index (κ2) is 5.61. The topological polar surface area (TPSA) is 23.5 Å². The SMILES string of the molecule is CC(C)CCN1CCC(CCO)C1. The van der Waals surface area contributed by atoms with Crippen LogP contribution in [0, 0.1) is 11.8 Å². The number of nitrogens with zero attached hydrogens (tertiary/aromatic N) is 1. The quantitative estimate of drug-likeness (QED) is 0.705. The first kappa shape index (κ1) is 11.0. The lowest BCUT2D eigenvalue weighted by Crippen LogP contribution is -2.23. The lowest BCUT2D eigenvalue weighted by Gasteiger charge is -2.16. The van der Waals surface area contributed by atoms with Crippen LogP contribution in [0.4, 0.5) is 0 Å². The Balaban J connectivity index is 2.10. The largest absolute Gasteiger partial charge is 0.396 e. The highest BCUT2D eigenvalue weighted by atomic mass is 16.3. The molecule has 1 rings (SSSR count). The van der Waals surface area contributed by atoms with E-state index in [4.69, 9.17) is 5.11 Å². The third kappa shape index (κ3) is 4.10. The Morgan fingerprint density at radius 1 is 1.46 bits per heavy atom. The molecule has 13 heavy (non-hydrogen) atoms. The van der Waals surface area contributed by atoms with E-state index in [1.54, 1.807) is 0 Å². The molecule has 0 aromatic rings. The predicted molar refractivity (Wildman–Crippen MR) is 55.7 cm³/mol. The molecule has 1 N–H and O–H groups in total. The number of aliphatic hydroxyl groups excluding tert-OH is 1. The molecule has 1 aliphatic rings. The Kier molecular flexibility index (Phi) is 4.74. The van der Waals surface area contributed by atoms with E-state index in [9.17, 15) is 0 Å². The summed E-state index contributed by atoms with van der Waals surface area (Å²) < 4.78 is 0. The van der Waals surface area contributed by atoms with Gasteiger partial charge in [0.25, 0.3) is 0 Å². The summed E-state index contributed by atoms with van der Waals surface area (Å²) >= 11 is 0. The summed E-state index contributed by atoms with van der Waals surface area (Å²) in [6, 6.07) is 0. The lowest BCUT2D eigenvalue weighted by atomic mass is 10.1. The maximum Gasteiger partial charge on any atom is 0.0434 e. The minimum atomic E-state index is 0.364. The second-order valence-corrected chi connectivity index (χ2v) is 4.65. The van der Waals surface area contributed by atoms with Gasteiger partial charge >= 0.3 is 0 Å². The van der Waals surface area contributed by atoms with Crippen molar-refractivity contribution in [1.29, 1.82) is 0 Å². The predicted octanol–water partition coefficient (Wildman–Crippen LogP) is 1.74. The molecule has 0 spiro atoms. The molecule has 1 saturated heterocycles. The number of hydrogen-bond acceptors (Lipinski definition) is 2. The van der Waals surface area contributed by atoms with Gasteiger partial charge < -0.3 is 10.0 Å². The zero-order valence-electron chi connectivity index (χ0n) is 9.00. The van der Waals surface area contributed by atoms with Crippen LogP contribution in [0.25, 0.3) is 0 Å². The van der Waals surface area contributed by atoms with Crippen LogP contribution < -0.4 is 0 Å². The Bertz CT molecular complexity index is 136. The van der Waals surface area contributed by atoms with Crippen molar-refractivity contribution in [2.24, 2.45) is 11.8 Å². The van der Waals surface area contributed by atoms with Crippen molar-refractivity contribution in [3.8, 4) is 0 Å². The Morgan fingerprint density at radius 3 is 2.85 bits per heavy atom. The fourth-order valence-electron chi connectivity index (χ4n) is 1.97. The van der Waals surface area contributed by atoms with Gasteiger partial charge in [-0.15, -0.1) is 0 Å². The van der Waals surface area contributed by atoms with E-state index < -0.39 is 0 Å². The van der Waals surface area contributed by atoms with Gasteiger partial charge in [0.2, 0.25) is 0 Å². The highest BCUT2D eigenvalue weighted by Gasteiger charge is 2.21. The van der Waals surface area contributed by atoms with E-state index in [2.05, 4.69) is 18.7 Å². The van der Waals surface area contributed by atoms with Gasteiger partial charge in [0.05, 0.1) is 0 Å². The lowest BCUT2D eigenvalue weighted by molar-refractivity contribution is 0.248. The molecule has 1 unspecified atom stereocenters. The third-order valence-corrected chi connectivity index (χ3v) is 2.93. The maximum atomic E-state index is 8.81. The van der Waals surface area contributed by atoms with Crippen LogP contribution in [0.5, 0.6) is 0 Å². The zero-order chi connectivity index (χ0) is 9.68. The highest BCUT2D eigenvalue weighted by molar-refractivity contribution is 4.75. The number of likely N-dealkylation sites (tertiary alicyclic amines) is 1. The highest BCUT2D eigenvalue weighted by Crippen LogP contribution is 2.19.